The molecule has 1 aromatic carbocycles. The normalized spacial score (nSPS) is 26.4. The first-order chi connectivity index (χ1) is 13.5. The van der Waals surface area contributed by atoms with Crippen LogP contribution in [0.2, 0.25) is 0 Å². The molecule has 0 aliphatic carbocycles. The van der Waals surface area contributed by atoms with Gasteiger partial charge in [0.2, 0.25) is 5.91 Å². The van der Waals surface area contributed by atoms with Crippen LogP contribution in [-0.4, -0.2) is 54.0 Å². The molecular weight excluding hydrogens is 358 g/mol. The second-order valence-electron chi connectivity index (χ2n) is 8.08. The lowest BCUT2D eigenvalue weighted by molar-refractivity contribution is -0.140. The van der Waals surface area contributed by atoms with Crippen molar-refractivity contribution < 1.29 is 19.1 Å². The summed E-state index contributed by atoms with van der Waals surface area (Å²) in [6, 6.07) is 5.41. The molecule has 2 saturated heterocycles. The van der Waals surface area contributed by atoms with E-state index in [1.807, 2.05) is 24.8 Å². The summed E-state index contributed by atoms with van der Waals surface area (Å²) in [4.78, 5) is 41.2. The van der Waals surface area contributed by atoms with Crippen molar-refractivity contribution >= 4 is 29.2 Å². The van der Waals surface area contributed by atoms with Crippen molar-refractivity contribution in [3.05, 3.63) is 23.8 Å². The fourth-order valence-corrected chi connectivity index (χ4v) is 4.76. The number of esters is 1. The summed E-state index contributed by atoms with van der Waals surface area (Å²) in [6.07, 6.45) is 4.91. The molecule has 7 heteroatoms. The van der Waals surface area contributed by atoms with Crippen LogP contribution < -0.4 is 10.2 Å². The third-order valence-electron chi connectivity index (χ3n) is 6.16. The molecule has 0 bridgehead atoms. The Bertz CT molecular complexity index is 799. The summed E-state index contributed by atoms with van der Waals surface area (Å²) in [5, 5.41) is 2.89. The summed E-state index contributed by atoms with van der Waals surface area (Å²) in [6.45, 7) is 4.65. The molecule has 3 atom stereocenters. The third-order valence-corrected chi connectivity index (χ3v) is 6.16. The highest BCUT2D eigenvalue weighted by Crippen LogP contribution is 2.37. The van der Waals surface area contributed by atoms with Crippen LogP contribution in [-0.2, 0) is 14.3 Å². The summed E-state index contributed by atoms with van der Waals surface area (Å²) in [5.74, 6) is -0.732. The van der Waals surface area contributed by atoms with Gasteiger partial charge in [-0.1, -0.05) is 0 Å². The number of carbonyl (C=O) groups is 3. The van der Waals surface area contributed by atoms with Gasteiger partial charge in [0.15, 0.2) is 6.61 Å². The Balaban J connectivity index is 1.42. The molecule has 4 rings (SSSR count). The first-order valence-electron chi connectivity index (χ1n) is 10.2. The molecule has 3 aliphatic heterocycles. The molecular formula is C21H27N3O4. The molecule has 0 radical (unpaired) electrons. The molecule has 0 aromatic heterocycles. The Morgan fingerprint density at radius 1 is 1.14 bits per heavy atom. The number of amides is 2. The lowest BCUT2D eigenvalue weighted by Crippen LogP contribution is -2.49. The van der Waals surface area contributed by atoms with E-state index in [1.54, 1.807) is 12.1 Å². The number of ether oxygens (including phenoxy) is 1. The van der Waals surface area contributed by atoms with Crippen LogP contribution in [0.5, 0.6) is 0 Å². The number of fused-ring (bicyclic) bond motifs is 3. The molecule has 0 saturated carbocycles. The van der Waals surface area contributed by atoms with Crippen LogP contribution in [0, 0.1) is 0 Å². The molecule has 3 heterocycles. The predicted molar refractivity (Wildman–Crippen MR) is 105 cm³/mol. The van der Waals surface area contributed by atoms with E-state index in [9.17, 15) is 14.4 Å². The summed E-state index contributed by atoms with van der Waals surface area (Å²) in [7, 11) is 0. The predicted octanol–water partition coefficient (Wildman–Crippen LogP) is 2.55. The van der Waals surface area contributed by atoms with Gasteiger partial charge < -0.3 is 19.9 Å². The Kier molecular flexibility index (Phi) is 5.00. The molecule has 28 heavy (non-hydrogen) atoms. The smallest absolute Gasteiger partial charge is 0.338 e. The van der Waals surface area contributed by atoms with Gasteiger partial charge >= 0.3 is 5.97 Å². The van der Waals surface area contributed by atoms with Crippen molar-refractivity contribution in [1.82, 2.24) is 4.90 Å². The zero-order chi connectivity index (χ0) is 19.8. The van der Waals surface area contributed by atoms with Crippen LogP contribution in [0.3, 0.4) is 0 Å². The van der Waals surface area contributed by atoms with Gasteiger partial charge in [-0.05, 0) is 64.2 Å². The Morgan fingerprint density at radius 3 is 2.64 bits per heavy atom. The molecule has 3 aliphatic rings. The van der Waals surface area contributed by atoms with Crippen LogP contribution in [0.4, 0.5) is 11.4 Å². The van der Waals surface area contributed by atoms with Crippen LogP contribution in [0.1, 0.15) is 56.3 Å². The molecule has 150 valence electrons. The summed E-state index contributed by atoms with van der Waals surface area (Å²) in [5.41, 5.74) is 1.90. The average Bonchev–Trinajstić information content (AvgIpc) is 3.16. The van der Waals surface area contributed by atoms with E-state index in [4.69, 9.17) is 4.74 Å². The van der Waals surface area contributed by atoms with Gasteiger partial charge in [0.25, 0.3) is 5.91 Å². The minimum absolute atomic E-state index is 0.0289. The van der Waals surface area contributed by atoms with Crippen molar-refractivity contribution in [2.24, 2.45) is 0 Å². The topological polar surface area (TPSA) is 79.0 Å². The third kappa shape index (κ3) is 3.34. The highest BCUT2D eigenvalue weighted by Gasteiger charge is 2.36. The fourth-order valence-electron chi connectivity index (χ4n) is 4.76. The molecule has 1 aromatic rings. The minimum atomic E-state index is -0.550. The second-order valence-corrected chi connectivity index (χ2v) is 8.08. The number of piperidine rings is 1. The van der Waals surface area contributed by atoms with Crippen molar-refractivity contribution in [3.8, 4) is 0 Å². The number of rotatable bonds is 3. The lowest BCUT2D eigenvalue weighted by Gasteiger charge is -2.38. The molecule has 2 amide bonds. The Hall–Kier alpha value is -2.57. The monoisotopic (exact) mass is 385 g/mol. The number of hydrogen-bond acceptors (Lipinski definition) is 5. The summed E-state index contributed by atoms with van der Waals surface area (Å²) < 4.78 is 5.29. The number of carbonyl (C=O) groups excluding carboxylic acids is 3. The van der Waals surface area contributed by atoms with E-state index in [0.29, 0.717) is 11.3 Å². The number of nitrogens with zero attached hydrogens (tertiary/aromatic N) is 2. The van der Waals surface area contributed by atoms with E-state index in [2.05, 4.69) is 10.2 Å². The largest absolute Gasteiger partial charge is 0.452 e. The van der Waals surface area contributed by atoms with E-state index >= 15 is 0 Å². The Labute approximate surface area is 165 Å². The molecule has 1 N–H and O–H groups in total. The first kappa shape index (κ1) is 18.8. The van der Waals surface area contributed by atoms with E-state index in [0.717, 1.165) is 44.3 Å². The van der Waals surface area contributed by atoms with Gasteiger partial charge in [0, 0.05) is 18.6 Å². The molecule has 0 unspecified atom stereocenters. The zero-order valence-electron chi connectivity index (χ0n) is 16.4. The van der Waals surface area contributed by atoms with Gasteiger partial charge in [-0.3, -0.25) is 9.59 Å². The number of likely N-dealkylation sites (tertiary alicyclic amines) is 1. The zero-order valence-corrected chi connectivity index (χ0v) is 16.4. The SMILES string of the molecule is C[C@@H]1CCC[C@H](C)N1C(=O)COC(=O)c1ccc2c(c1)NC(=O)[C@H]1CCCN21. The molecule has 2 fully saturated rings. The van der Waals surface area contributed by atoms with Crippen LogP contribution in [0.15, 0.2) is 18.2 Å². The van der Waals surface area contributed by atoms with E-state index in [-0.39, 0.29) is 36.5 Å². The number of nitrogens with one attached hydrogen (secondary N) is 1. The highest BCUT2D eigenvalue weighted by molar-refractivity contribution is 6.05. The van der Waals surface area contributed by atoms with Crippen molar-refractivity contribution in [3.63, 3.8) is 0 Å². The summed E-state index contributed by atoms with van der Waals surface area (Å²) >= 11 is 0. The maximum atomic E-state index is 12.5. The number of anilines is 2. The number of hydrogen-bond donors (Lipinski definition) is 1. The first-order valence-corrected chi connectivity index (χ1v) is 10.2. The van der Waals surface area contributed by atoms with Crippen LogP contribution >= 0.6 is 0 Å². The minimum Gasteiger partial charge on any atom is -0.452 e. The maximum Gasteiger partial charge on any atom is 0.338 e. The fraction of sp³-hybridized carbons (Fsp3) is 0.571. The average molecular weight is 385 g/mol. The van der Waals surface area contributed by atoms with Crippen molar-refractivity contribution in [2.45, 2.75) is 64.1 Å². The second kappa shape index (κ2) is 7.45. The van der Waals surface area contributed by atoms with Gasteiger partial charge in [0.1, 0.15) is 6.04 Å². The quantitative estimate of drug-likeness (QED) is 0.809. The molecule has 0 spiro atoms. The van der Waals surface area contributed by atoms with Crippen molar-refractivity contribution in [2.75, 3.05) is 23.4 Å². The van der Waals surface area contributed by atoms with Crippen LogP contribution in [0.25, 0.3) is 0 Å². The Morgan fingerprint density at radius 2 is 1.89 bits per heavy atom. The van der Waals surface area contributed by atoms with Gasteiger partial charge in [-0.25, -0.2) is 4.79 Å². The van der Waals surface area contributed by atoms with E-state index < -0.39 is 5.97 Å². The maximum absolute atomic E-state index is 12.5. The van der Waals surface area contributed by atoms with Gasteiger partial charge in [0.05, 0.1) is 16.9 Å². The lowest BCUT2D eigenvalue weighted by atomic mass is 9.97. The highest BCUT2D eigenvalue weighted by atomic mass is 16.5. The standard InChI is InChI=1S/C21H27N3O4/c1-13-5-3-6-14(2)24(13)19(25)12-28-21(27)15-8-9-17-16(11-15)22-20(26)18-7-4-10-23(17)18/h8-9,11,13-14,18H,3-7,10,12H2,1-2H3,(H,22,26)/t13-,14+,18-/m1/s1. The molecule has 7 nitrogen and oxygen atoms in total. The number of benzene rings is 1. The van der Waals surface area contributed by atoms with E-state index in [1.165, 1.54) is 0 Å². The van der Waals surface area contributed by atoms with Gasteiger partial charge in [-0.15, -0.1) is 0 Å². The van der Waals surface area contributed by atoms with Gasteiger partial charge in [-0.2, -0.15) is 0 Å². The van der Waals surface area contributed by atoms with Crippen molar-refractivity contribution in [1.29, 1.82) is 0 Å².